The highest BCUT2D eigenvalue weighted by Crippen LogP contribution is 2.10. The number of H-pyrrole nitrogens is 1. The standard InChI is InChI=1S/C19H26N6O2S/c1-3-8-20-18(26)13-23-9-11-24(12-10-23)14-25-19(28)21-17(22-25)7-6-16-5-4-15(2)27-16/h3-7H,1,8-14H2,2H3,(H,20,26)(H,21,22,28)/b7-6+. The first kappa shape index (κ1) is 20.2. The Morgan fingerprint density at radius 1 is 1.32 bits per heavy atom. The molecule has 9 heteroatoms. The highest BCUT2D eigenvalue weighted by atomic mass is 32.1. The summed E-state index contributed by atoms with van der Waals surface area (Å²) in [5, 5.41) is 6.03. The maximum Gasteiger partial charge on any atom is 0.234 e. The van der Waals surface area contributed by atoms with Gasteiger partial charge in [0.05, 0.1) is 13.2 Å². The van der Waals surface area contributed by atoms with Crippen molar-refractivity contribution in [3.05, 3.63) is 46.9 Å². The Morgan fingerprint density at radius 2 is 2.07 bits per heavy atom. The van der Waals surface area contributed by atoms with Crippen molar-refractivity contribution in [3.63, 3.8) is 0 Å². The van der Waals surface area contributed by atoms with E-state index >= 15 is 0 Å². The molecule has 8 nitrogen and oxygen atoms in total. The van der Waals surface area contributed by atoms with Crippen LogP contribution in [0, 0.1) is 11.7 Å². The summed E-state index contributed by atoms with van der Waals surface area (Å²) in [7, 11) is 0. The Kier molecular flexibility index (Phi) is 6.96. The average molecular weight is 403 g/mol. The van der Waals surface area contributed by atoms with Gasteiger partial charge in [-0.3, -0.25) is 19.7 Å². The lowest BCUT2D eigenvalue weighted by Crippen LogP contribution is -2.49. The Hall–Kier alpha value is -2.49. The second kappa shape index (κ2) is 9.63. The zero-order valence-corrected chi connectivity index (χ0v) is 16.9. The number of carbonyl (C=O) groups is 1. The summed E-state index contributed by atoms with van der Waals surface area (Å²) in [4.78, 5) is 20.6. The van der Waals surface area contributed by atoms with Gasteiger partial charge in [-0.05, 0) is 43.4 Å². The summed E-state index contributed by atoms with van der Waals surface area (Å²) >= 11 is 5.36. The molecule has 1 aliphatic heterocycles. The van der Waals surface area contributed by atoms with E-state index in [-0.39, 0.29) is 5.91 Å². The van der Waals surface area contributed by atoms with Gasteiger partial charge in [0.25, 0.3) is 0 Å². The van der Waals surface area contributed by atoms with Crippen LogP contribution in [0.25, 0.3) is 12.2 Å². The molecule has 1 fully saturated rings. The number of hydrogen-bond donors (Lipinski definition) is 2. The molecular formula is C19H26N6O2S. The third-order valence-corrected chi connectivity index (χ3v) is 4.79. The van der Waals surface area contributed by atoms with E-state index in [1.54, 1.807) is 6.08 Å². The molecule has 1 saturated heterocycles. The highest BCUT2D eigenvalue weighted by Gasteiger charge is 2.19. The van der Waals surface area contributed by atoms with E-state index in [0.717, 1.165) is 37.7 Å². The van der Waals surface area contributed by atoms with Crippen LogP contribution in [0.15, 0.2) is 29.2 Å². The van der Waals surface area contributed by atoms with Crippen LogP contribution in [0.3, 0.4) is 0 Å². The lowest BCUT2D eigenvalue weighted by molar-refractivity contribution is -0.122. The van der Waals surface area contributed by atoms with Crippen LogP contribution >= 0.6 is 12.2 Å². The molecule has 0 aromatic carbocycles. The van der Waals surface area contributed by atoms with Crippen molar-refractivity contribution in [2.24, 2.45) is 0 Å². The summed E-state index contributed by atoms with van der Waals surface area (Å²) in [5.74, 6) is 2.37. The molecule has 1 amide bonds. The van der Waals surface area contributed by atoms with Crippen molar-refractivity contribution in [3.8, 4) is 0 Å². The van der Waals surface area contributed by atoms with E-state index in [1.165, 1.54) is 0 Å². The number of amides is 1. The first-order valence-electron chi connectivity index (χ1n) is 9.27. The Balaban J connectivity index is 1.49. The van der Waals surface area contributed by atoms with Crippen LogP contribution in [0.5, 0.6) is 0 Å². The van der Waals surface area contributed by atoms with Crippen LogP contribution < -0.4 is 5.32 Å². The fourth-order valence-corrected chi connectivity index (χ4v) is 3.18. The first-order chi connectivity index (χ1) is 13.5. The van der Waals surface area contributed by atoms with Crippen molar-refractivity contribution in [1.29, 1.82) is 0 Å². The van der Waals surface area contributed by atoms with Gasteiger partial charge in [-0.25, -0.2) is 4.68 Å². The van der Waals surface area contributed by atoms with Crippen molar-refractivity contribution < 1.29 is 9.21 Å². The van der Waals surface area contributed by atoms with E-state index in [9.17, 15) is 4.79 Å². The lowest BCUT2D eigenvalue weighted by atomic mass is 10.3. The van der Waals surface area contributed by atoms with Crippen molar-refractivity contribution in [2.45, 2.75) is 13.6 Å². The summed E-state index contributed by atoms with van der Waals surface area (Å²) in [5.41, 5.74) is 0. The molecule has 150 valence electrons. The quantitative estimate of drug-likeness (QED) is 0.518. The van der Waals surface area contributed by atoms with Crippen molar-refractivity contribution in [1.82, 2.24) is 29.9 Å². The normalized spacial score (nSPS) is 15.9. The molecule has 0 atom stereocenters. The Morgan fingerprint density at radius 3 is 2.75 bits per heavy atom. The minimum atomic E-state index is 0.0346. The zero-order valence-electron chi connectivity index (χ0n) is 16.1. The maximum absolute atomic E-state index is 11.8. The SMILES string of the molecule is C=CCNC(=O)CN1CCN(Cn2[nH]c(/C=C/c3ccc(C)o3)nc2=S)CC1. The van der Waals surface area contributed by atoms with Gasteiger partial charge in [0.1, 0.15) is 17.3 Å². The number of hydrogen-bond acceptors (Lipinski definition) is 6. The van der Waals surface area contributed by atoms with Gasteiger partial charge in [-0.2, -0.15) is 4.98 Å². The second-order valence-electron chi connectivity index (χ2n) is 6.73. The molecule has 1 aliphatic rings. The molecule has 28 heavy (non-hydrogen) atoms. The summed E-state index contributed by atoms with van der Waals surface area (Å²) in [6.45, 7) is 10.5. The van der Waals surface area contributed by atoms with Crippen LogP contribution in [0.1, 0.15) is 17.3 Å². The monoisotopic (exact) mass is 402 g/mol. The summed E-state index contributed by atoms with van der Waals surface area (Å²) in [6.07, 6.45) is 5.40. The third kappa shape index (κ3) is 5.75. The van der Waals surface area contributed by atoms with E-state index in [4.69, 9.17) is 16.6 Å². The molecule has 0 unspecified atom stereocenters. The number of piperazine rings is 1. The lowest BCUT2D eigenvalue weighted by Gasteiger charge is -2.34. The molecule has 3 rings (SSSR count). The highest BCUT2D eigenvalue weighted by molar-refractivity contribution is 7.71. The van der Waals surface area contributed by atoms with Gasteiger partial charge in [-0.1, -0.05) is 6.08 Å². The number of aromatic nitrogens is 3. The smallest absolute Gasteiger partial charge is 0.234 e. The molecule has 0 spiro atoms. The third-order valence-electron chi connectivity index (χ3n) is 4.48. The molecule has 2 N–H and O–H groups in total. The fraction of sp³-hybridized carbons (Fsp3) is 0.421. The Bertz CT molecular complexity index is 888. The number of carbonyl (C=O) groups excluding carboxylic acids is 1. The van der Waals surface area contributed by atoms with E-state index in [0.29, 0.717) is 30.4 Å². The molecule has 3 heterocycles. The van der Waals surface area contributed by atoms with E-state index in [2.05, 4.69) is 31.8 Å². The summed E-state index contributed by atoms with van der Waals surface area (Å²) in [6, 6.07) is 3.83. The topological polar surface area (TPSA) is 82.3 Å². The molecule has 0 bridgehead atoms. The summed E-state index contributed by atoms with van der Waals surface area (Å²) < 4.78 is 7.89. The number of rotatable bonds is 8. The number of nitrogens with zero attached hydrogens (tertiary/aromatic N) is 4. The van der Waals surface area contributed by atoms with Gasteiger partial charge in [-0.15, -0.1) is 6.58 Å². The van der Waals surface area contributed by atoms with Gasteiger partial charge < -0.3 is 9.73 Å². The number of nitrogens with one attached hydrogen (secondary N) is 2. The molecule has 2 aromatic rings. The van der Waals surface area contributed by atoms with E-state index in [1.807, 2.05) is 35.9 Å². The molecular weight excluding hydrogens is 376 g/mol. The number of aryl methyl sites for hydroxylation is 1. The van der Waals surface area contributed by atoms with Crippen molar-refractivity contribution in [2.75, 3.05) is 39.3 Å². The maximum atomic E-state index is 11.8. The predicted octanol–water partition coefficient (Wildman–Crippen LogP) is 1.89. The minimum absolute atomic E-state index is 0.0346. The predicted molar refractivity (Wildman–Crippen MR) is 111 cm³/mol. The molecule has 0 aliphatic carbocycles. The zero-order chi connectivity index (χ0) is 19.9. The molecule has 2 aromatic heterocycles. The second-order valence-corrected chi connectivity index (χ2v) is 7.09. The van der Waals surface area contributed by atoms with Gasteiger partial charge >= 0.3 is 0 Å². The first-order valence-corrected chi connectivity index (χ1v) is 9.68. The van der Waals surface area contributed by atoms with Crippen molar-refractivity contribution >= 4 is 30.3 Å². The van der Waals surface area contributed by atoms with E-state index < -0.39 is 0 Å². The van der Waals surface area contributed by atoms with Crippen LogP contribution in [0.2, 0.25) is 0 Å². The number of aromatic amines is 1. The molecule has 0 saturated carbocycles. The largest absolute Gasteiger partial charge is 0.462 e. The van der Waals surface area contributed by atoms with Crippen LogP contribution in [0.4, 0.5) is 0 Å². The minimum Gasteiger partial charge on any atom is -0.462 e. The van der Waals surface area contributed by atoms with Gasteiger partial charge in [0.15, 0.2) is 0 Å². The number of furan rings is 1. The van der Waals surface area contributed by atoms with Gasteiger partial charge in [0.2, 0.25) is 10.7 Å². The average Bonchev–Trinajstić information content (AvgIpc) is 3.25. The van der Waals surface area contributed by atoms with Crippen LogP contribution in [-0.2, 0) is 11.5 Å². The fourth-order valence-electron chi connectivity index (χ4n) is 2.98. The van der Waals surface area contributed by atoms with Crippen LogP contribution in [-0.4, -0.2) is 69.7 Å². The van der Waals surface area contributed by atoms with Gasteiger partial charge in [0, 0.05) is 32.7 Å². The molecule has 0 radical (unpaired) electrons. The Labute approximate surface area is 169 Å².